The van der Waals surface area contributed by atoms with Crippen LogP contribution in [0.15, 0.2) is 0 Å². The van der Waals surface area contributed by atoms with Gasteiger partial charge in [0.2, 0.25) is 0 Å². The van der Waals surface area contributed by atoms with Crippen LogP contribution in [0, 0.1) is 11.3 Å². The number of nitriles is 1. The molecule has 0 radical (unpaired) electrons. The third-order valence-electron chi connectivity index (χ3n) is 1.89. The molecule has 0 amide bonds. The Morgan fingerprint density at radius 3 is 2.71 bits per heavy atom. The lowest BCUT2D eigenvalue weighted by Gasteiger charge is -2.17. The van der Waals surface area contributed by atoms with Gasteiger partial charge in [-0.2, -0.15) is 5.26 Å². The van der Waals surface area contributed by atoms with E-state index >= 15 is 0 Å². The molecule has 0 spiro atoms. The summed E-state index contributed by atoms with van der Waals surface area (Å²) in [6.45, 7) is 2.88. The molecular weight excluding hydrogens is 186 g/mol. The summed E-state index contributed by atoms with van der Waals surface area (Å²) in [5.74, 6) is -1.56. The highest BCUT2D eigenvalue weighted by molar-refractivity contribution is 5.69. The zero-order chi connectivity index (χ0) is 10.4. The van der Waals surface area contributed by atoms with Crippen molar-refractivity contribution < 1.29 is 19.0 Å². The lowest BCUT2D eigenvalue weighted by atomic mass is 10.1. The Hall–Kier alpha value is -1.12. The number of ether oxygens (including phenoxy) is 3. The fourth-order valence-electron chi connectivity index (χ4n) is 1.22. The first-order valence-electron chi connectivity index (χ1n) is 4.57. The fourth-order valence-corrected chi connectivity index (χ4v) is 1.22. The van der Waals surface area contributed by atoms with Gasteiger partial charge in [-0.05, 0) is 6.92 Å². The lowest BCUT2D eigenvalue weighted by Crippen LogP contribution is -2.28. The Balaban J connectivity index is 2.35. The van der Waals surface area contributed by atoms with Gasteiger partial charge in [0.15, 0.2) is 0 Å². The van der Waals surface area contributed by atoms with Crippen molar-refractivity contribution in [2.75, 3.05) is 19.8 Å². The maximum absolute atomic E-state index is 11.0. The molecule has 0 unspecified atom stereocenters. The minimum atomic E-state index is -1.23. The van der Waals surface area contributed by atoms with Crippen LogP contribution in [0.4, 0.5) is 0 Å². The number of rotatable bonds is 4. The molecule has 0 aromatic rings. The smallest absolute Gasteiger partial charge is 0.306 e. The predicted molar refractivity (Wildman–Crippen MR) is 46.1 cm³/mol. The maximum atomic E-state index is 11.0. The van der Waals surface area contributed by atoms with Gasteiger partial charge in [-0.1, -0.05) is 0 Å². The Bertz CT molecular complexity index is 240. The third kappa shape index (κ3) is 2.69. The number of esters is 1. The van der Waals surface area contributed by atoms with E-state index in [-0.39, 0.29) is 18.8 Å². The molecule has 0 aromatic heterocycles. The molecule has 0 saturated carbocycles. The van der Waals surface area contributed by atoms with Crippen LogP contribution in [0.1, 0.15) is 19.8 Å². The van der Waals surface area contributed by atoms with Gasteiger partial charge in [-0.25, -0.2) is 0 Å². The van der Waals surface area contributed by atoms with Crippen molar-refractivity contribution in [3.05, 3.63) is 0 Å². The molecular formula is C9H13NO4. The second kappa shape index (κ2) is 4.94. The van der Waals surface area contributed by atoms with Crippen molar-refractivity contribution in [1.29, 1.82) is 5.26 Å². The van der Waals surface area contributed by atoms with E-state index in [0.717, 1.165) is 0 Å². The molecule has 1 saturated heterocycles. The van der Waals surface area contributed by atoms with Crippen LogP contribution in [0.2, 0.25) is 0 Å². The van der Waals surface area contributed by atoms with Crippen LogP contribution in [0.5, 0.6) is 0 Å². The Labute approximate surface area is 82.5 Å². The average molecular weight is 199 g/mol. The summed E-state index contributed by atoms with van der Waals surface area (Å²) in [6, 6.07) is 1.92. The highest BCUT2D eigenvalue weighted by atomic mass is 16.7. The molecule has 78 valence electrons. The summed E-state index contributed by atoms with van der Waals surface area (Å²) in [7, 11) is 0. The minimum absolute atomic E-state index is 0.140. The predicted octanol–water partition coefficient (Wildman–Crippen LogP) is 0.596. The van der Waals surface area contributed by atoms with Gasteiger partial charge >= 0.3 is 5.97 Å². The van der Waals surface area contributed by atoms with Crippen molar-refractivity contribution in [3.63, 3.8) is 0 Å². The SMILES string of the molecule is CCOC(=O)CCC1(C#N)OCCO1. The van der Waals surface area contributed by atoms with Crippen LogP contribution in [0.25, 0.3) is 0 Å². The highest BCUT2D eigenvalue weighted by Gasteiger charge is 2.37. The van der Waals surface area contributed by atoms with E-state index in [9.17, 15) is 4.79 Å². The van der Waals surface area contributed by atoms with Gasteiger partial charge < -0.3 is 14.2 Å². The molecule has 1 heterocycles. The number of carbonyl (C=O) groups is 1. The van der Waals surface area contributed by atoms with Gasteiger partial charge in [0.1, 0.15) is 6.07 Å². The highest BCUT2D eigenvalue weighted by Crippen LogP contribution is 2.24. The van der Waals surface area contributed by atoms with E-state index in [0.29, 0.717) is 19.8 Å². The van der Waals surface area contributed by atoms with Gasteiger partial charge in [-0.3, -0.25) is 4.79 Å². The van der Waals surface area contributed by atoms with Gasteiger partial charge in [-0.15, -0.1) is 0 Å². The van der Waals surface area contributed by atoms with Crippen LogP contribution >= 0.6 is 0 Å². The minimum Gasteiger partial charge on any atom is -0.466 e. The van der Waals surface area contributed by atoms with E-state index in [1.54, 1.807) is 6.92 Å². The summed E-state index contributed by atoms with van der Waals surface area (Å²) >= 11 is 0. The maximum Gasteiger partial charge on any atom is 0.306 e. The second-order valence-corrected chi connectivity index (χ2v) is 2.87. The molecule has 1 aliphatic rings. The molecule has 5 heteroatoms. The normalized spacial score (nSPS) is 18.9. The van der Waals surface area contributed by atoms with Crippen molar-refractivity contribution >= 4 is 5.97 Å². The van der Waals surface area contributed by atoms with Gasteiger partial charge in [0, 0.05) is 6.42 Å². The summed E-state index contributed by atoms with van der Waals surface area (Å²) < 4.78 is 15.0. The molecule has 0 aliphatic carbocycles. The molecule has 5 nitrogen and oxygen atoms in total. The summed E-state index contributed by atoms with van der Waals surface area (Å²) in [5, 5.41) is 8.81. The zero-order valence-electron chi connectivity index (χ0n) is 8.12. The average Bonchev–Trinajstić information content (AvgIpc) is 2.65. The van der Waals surface area contributed by atoms with Gasteiger partial charge in [0.25, 0.3) is 5.79 Å². The molecule has 14 heavy (non-hydrogen) atoms. The van der Waals surface area contributed by atoms with E-state index in [2.05, 4.69) is 0 Å². The lowest BCUT2D eigenvalue weighted by molar-refractivity contribution is -0.150. The van der Waals surface area contributed by atoms with Crippen LogP contribution in [-0.2, 0) is 19.0 Å². The van der Waals surface area contributed by atoms with Crippen LogP contribution in [-0.4, -0.2) is 31.6 Å². The first-order valence-corrected chi connectivity index (χ1v) is 4.57. The first-order chi connectivity index (χ1) is 6.72. The first kappa shape index (κ1) is 11.0. The Morgan fingerprint density at radius 1 is 1.57 bits per heavy atom. The van der Waals surface area contributed by atoms with Gasteiger partial charge in [0.05, 0.1) is 26.2 Å². The standard InChI is InChI=1S/C9H13NO4/c1-2-12-8(11)3-4-9(7-10)13-5-6-14-9/h2-6H2,1H3. The Morgan fingerprint density at radius 2 is 2.21 bits per heavy atom. The molecule has 0 bridgehead atoms. The molecule has 1 rings (SSSR count). The fraction of sp³-hybridized carbons (Fsp3) is 0.778. The molecule has 1 aliphatic heterocycles. The van der Waals surface area contributed by atoms with Crippen LogP contribution < -0.4 is 0 Å². The molecule has 0 N–H and O–H groups in total. The monoisotopic (exact) mass is 199 g/mol. The van der Waals surface area contributed by atoms with E-state index in [1.807, 2.05) is 6.07 Å². The summed E-state index contributed by atoms with van der Waals surface area (Å²) in [5.41, 5.74) is 0. The third-order valence-corrected chi connectivity index (χ3v) is 1.89. The van der Waals surface area contributed by atoms with E-state index < -0.39 is 5.79 Å². The number of carbonyl (C=O) groups excluding carboxylic acids is 1. The quantitative estimate of drug-likeness (QED) is 0.620. The zero-order valence-corrected chi connectivity index (χ0v) is 8.12. The number of nitrogens with zero attached hydrogens (tertiary/aromatic N) is 1. The topological polar surface area (TPSA) is 68.6 Å². The number of hydrogen-bond acceptors (Lipinski definition) is 5. The molecule has 0 atom stereocenters. The number of hydrogen-bond donors (Lipinski definition) is 0. The van der Waals surface area contributed by atoms with E-state index in [1.165, 1.54) is 0 Å². The second-order valence-electron chi connectivity index (χ2n) is 2.87. The largest absolute Gasteiger partial charge is 0.466 e. The summed E-state index contributed by atoms with van der Waals surface area (Å²) in [6.07, 6.45) is 0.365. The summed E-state index contributed by atoms with van der Waals surface area (Å²) in [4.78, 5) is 11.0. The molecule has 1 fully saturated rings. The van der Waals surface area contributed by atoms with Crippen molar-refractivity contribution in [2.45, 2.75) is 25.6 Å². The van der Waals surface area contributed by atoms with Crippen molar-refractivity contribution in [3.8, 4) is 6.07 Å². The Kier molecular flexibility index (Phi) is 3.86. The molecule has 0 aromatic carbocycles. The van der Waals surface area contributed by atoms with Crippen LogP contribution in [0.3, 0.4) is 0 Å². The van der Waals surface area contributed by atoms with Crippen molar-refractivity contribution in [1.82, 2.24) is 0 Å². The van der Waals surface area contributed by atoms with E-state index in [4.69, 9.17) is 19.5 Å². The van der Waals surface area contributed by atoms with Crippen molar-refractivity contribution in [2.24, 2.45) is 0 Å².